The van der Waals surface area contributed by atoms with Crippen molar-refractivity contribution in [1.29, 1.82) is 0 Å². The van der Waals surface area contributed by atoms with Gasteiger partial charge >= 0.3 is 5.97 Å². The van der Waals surface area contributed by atoms with Gasteiger partial charge < -0.3 is 10.8 Å². The summed E-state index contributed by atoms with van der Waals surface area (Å²) in [5, 5.41) is 9.13. The highest BCUT2D eigenvalue weighted by atomic mass is 16.4. The fraction of sp³-hybridized carbons (Fsp3) is 0. The Morgan fingerprint density at radius 3 is 2.39 bits per heavy atom. The first-order valence-electron chi connectivity index (χ1n) is 5.53. The molecule has 0 aromatic heterocycles. The van der Waals surface area contributed by atoms with Gasteiger partial charge in [0.2, 0.25) is 0 Å². The summed E-state index contributed by atoms with van der Waals surface area (Å²) in [5.41, 5.74) is 7.71. The van der Waals surface area contributed by atoms with E-state index in [0.717, 1.165) is 5.56 Å². The molecule has 3 heteroatoms. The standard InChI is InChI=1S/C15H13NO2/c16-13-8-4-7-12(14(13)15(17)18)10-9-11-5-2-1-3-6-11/h1-10H,16H2,(H,17,18). The lowest BCUT2D eigenvalue weighted by Crippen LogP contribution is -2.04. The first kappa shape index (κ1) is 11.9. The number of hydrogen-bond acceptors (Lipinski definition) is 2. The zero-order valence-corrected chi connectivity index (χ0v) is 9.71. The monoisotopic (exact) mass is 239 g/mol. The summed E-state index contributed by atoms with van der Waals surface area (Å²) in [7, 11) is 0. The molecule has 0 amide bonds. The van der Waals surface area contributed by atoms with Crippen LogP contribution in [0.5, 0.6) is 0 Å². The van der Waals surface area contributed by atoms with Crippen LogP contribution < -0.4 is 5.73 Å². The first-order valence-corrected chi connectivity index (χ1v) is 5.53. The molecular weight excluding hydrogens is 226 g/mol. The number of carboxylic acids is 1. The summed E-state index contributed by atoms with van der Waals surface area (Å²) in [5.74, 6) is -1.01. The lowest BCUT2D eigenvalue weighted by atomic mass is 10.0. The van der Waals surface area contributed by atoms with Gasteiger partial charge in [-0.2, -0.15) is 0 Å². The van der Waals surface area contributed by atoms with E-state index < -0.39 is 5.97 Å². The van der Waals surface area contributed by atoms with E-state index in [4.69, 9.17) is 10.8 Å². The number of carbonyl (C=O) groups is 1. The van der Waals surface area contributed by atoms with Gasteiger partial charge in [0.25, 0.3) is 0 Å². The summed E-state index contributed by atoms with van der Waals surface area (Å²) >= 11 is 0. The molecule has 0 spiro atoms. The maximum atomic E-state index is 11.1. The van der Waals surface area contributed by atoms with E-state index in [1.807, 2.05) is 36.4 Å². The molecule has 0 heterocycles. The lowest BCUT2D eigenvalue weighted by molar-refractivity contribution is 0.0698. The number of rotatable bonds is 3. The third-order valence-corrected chi connectivity index (χ3v) is 2.60. The maximum absolute atomic E-state index is 11.1. The van der Waals surface area contributed by atoms with Gasteiger partial charge in [-0.15, -0.1) is 0 Å². The lowest BCUT2D eigenvalue weighted by Gasteiger charge is -2.04. The van der Waals surface area contributed by atoms with Crippen molar-refractivity contribution in [2.45, 2.75) is 0 Å². The van der Waals surface area contributed by atoms with Gasteiger partial charge in [-0.1, -0.05) is 54.6 Å². The van der Waals surface area contributed by atoms with Crippen molar-refractivity contribution in [2.75, 3.05) is 5.73 Å². The Bertz CT molecular complexity index is 589. The van der Waals surface area contributed by atoms with Crippen LogP contribution in [0, 0.1) is 0 Å². The second-order valence-corrected chi connectivity index (χ2v) is 3.86. The molecule has 0 fully saturated rings. The van der Waals surface area contributed by atoms with Crippen molar-refractivity contribution < 1.29 is 9.90 Å². The van der Waals surface area contributed by atoms with Crippen LogP contribution in [0.4, 0.5) is 5.69 Å². The number of nitrogens with two attached hydrogens (primary N) is 1. The molecule has 0 saturated carbocycles. The first-order chi connectivity index (χ1) is 8.68. The molecule has 2 aromatic rings. The number of nitrogen functional groups attached to an aromatic ring is 1. The van der Waals surface area contributed by atoms with Gasteiger partial charge in [0.15, 0.2) is 0 Å². The Kier molecular flexibility index (Phi) is 3.44. The molecule has 0 bridgehead atoms. The maximum Gasteiger partial charge on any atom is 0.338 e. The van der Waals surface area contributed by atoms with Crippen molar-refractivity contribution in [2.24, 2.45) is 0 Å². The summed E-state index contributed by atoms with van der Waals surface area (Å²) < 4.78 is 0. The minimum Gasteiger partial charge on any atom is -0.478 e. The molecule has 0 aliphatic heterocycles. The minimum absolute atomic E-state index is 0.143. The summed E-state index contributed by atoms with van der Waals surface area (Å²) in [4.78, 5) is 11.1. The molecule has 0 saturated heterocycles. The van der Waals surface area contributed by atoms with Gasteiger partial charge in [0.1, 0.15) is 0 Å². The largest absolute Gasteiger partial charge is 0.478 e. The van der Waals surface area contributed by atoms with E-state index in [9.17, 15) is 4.79 Å². The zero-order valence-electron chi connectivity index (χ0n) is 9.71. The normalized spacial score (nSPS) is 10.7. The molecule has 0 unspecified atom stereocenters. The molecule has 90 valence electrons. The van der Waals surface area contributed by atoms with Crippen LogP contribution >= 0.6 is 0 Å². The molecule has 0 atom stereocenters. The number of anilines is 1. The Morgan fingerprint density at radius 1 is 1.00 bits per heavy atom. The summed E-state index contributed by atoms with van der Waals surface area (Å²) in [6.07, 6.45) is 3.62. The quantitative estimate of drug-likeness (QED) is 0.639. The summed E-state index contributed by atoms with van der Waals surface area (Å²) in [6, 6.07) is 14.7. The number of carboxylic acid groups (broad SMARTS) is 1. The van der Waals surface area contributed by atoms with Gasteiger partial charge in [0, 0.05) is 5.69 Å². The second-order valence-electron chi connectivity index (χ2n) is 3.86. The molecule has 0 aliphatic carbocycles. The third kappa shape index (κ3) is 2.58. The summed E-state index contributed by atoms with van der Waals surface area (Å²) in [6.45, 7) is 0. The Morgan fingerprint density at radius 2 is 1.72 bits per heavy atom. The predicted octanol–water partition coefficient (Wildman–Crippen LogP) is 3.14. The van der Waals surface area contributed by atoms with Crippen LogP contribution in [0.1, 0.15) is 21.5 Å². The van der Waals surface area contributed by atoms with Crippen molar-refractivity contribution >= 4 is 23.8 Å². The van der Waals surface area contributed by atoms with E-state index in [1.165, 1.54) is 0 Å². The molecule has 2 aromatic carbocycles. The molecule has 18 heavy (non-hydrogen) atoms. The highest BCUT2D eigenvalue weighted by molar-refractivity contribution is 5.98. The van der Waals surface area contributed by atoms with E-state index >= 15 is 0 Å². The van der Waals surface area contributed by atoms with Gasteiger partial charge in [-0.05, 0) is 17.2 Å². The second kappa shape index (κ2) is 5.19. The van der Waals surface area contributed by atoms with E-state index in [1.54, 1.807) is 24.3 Å². The number of hydrogen-bond donors (Lipinski definition) is 2. The fourth-order valence-corrected chi connectivity index (χ4v) is 1.72. The molecule has 0 aliphatic rings. The smallest absolute Gasteiger partial charge is 0.338 e. The van der Waals surface area contributed by atoms with Crippen molar-refractivity contribution in [3.05, 3.63) is 65.2 Å². The van der Waals surface area contributed by atoms with Gasteiger partial charge in [-0.25, -0.2) is 4.79 Å². The zero-order chi connectivity index (χ0) is 13.0. The predicted molar refractivity (Wildman–Crippen MR) is 73.2 cm³/mol. The minimum atomic E-state index is -1.01. The van der Waals surface area contributed by atoms with Crippen LogP contribution in [-0.2, 0) is 0 Å². The van der Waals surface area contributed by atoms with Crippen molar-refractivity contribution in [1.82, 2.24) is 0 Å². The van der Waals surface area contributed by atoms with E-state index in [-0.39, 0.29) is 11.3 Å². The Labute approximate surface area is 105 Å². The van der Waals surface area contributed by atoms with E-state index in [2.05, 4.69) is 0 Å². The Hall–Kier alpha value is -2.55. The average Bonchev–Trinajstić information content (AvgIpc) is 2.37. The molecular formula is C15H13NO2. The number of benzene rings is 2. The fourth-order valence-electron chi connectivity index (χ4n) is 1.72. The van der Waals surface area contributed by atoms with Crippen LogP contribution in [0.15, 0.2) is 48.5 Å². The van der Waals surface area contributed by atoms with E-state index in [0.29, 0.717) is 5.56 Å². The molecule has 3 N–H and O–H groups in total. The third-order valence-electron chi connectivity index (χ3n) is 2.60. The highest BCUT2D eigenvalue weighted by Gasteiger charge is 2.11. The van der Waals surface area contributed by atoms with Crippen LogP contribution in [0.3, 0.4) is 0 Å². The molecule has 2 rings (SSSR count). The number of aromatic carboxylic acids is 1. The average molecular weight is 239 g/mol. The van der Waals surface area contributed by atoms with Crippen molar-refractivity contribution in [3.8, 4) is 0 Å². The van der Waals surface area contributed by atoms with Crippen molar-refractivity contribution in [3.63, 3.8) is 0 Å². The van der Waals surface area contributed by atoms with Crippen LogP contribution in [0.25, 0.3) is 12.2 Å². The molecule has 3 nitrogen and oxygen atoms in total. The topological polar surface area (TPSA) is 63.3 Å². The van der Waals surface area contributed by atoms with Gasteiger partial charge in [-0.3, -0.25) is 0 Å². The SMILES string of the molecule is Nc1cccc(C=Cc2ccccc2)c1C(=O)O. The molecule has 0 radical (unpaired) electrons. The van der Waals surface area contributed by atoms with Crippen LogP contribution in [-0.4, -0.2) is 11.1 Å². The van der Waals surface area contributed by atoms with Gasteiger partial charge in [0.05, 0.1) is 5.56 Å². The Balaban J connectivity index is 2.38. The highest BCUT2D eigenvalue weighted by Crippen LogP contribution is 2.19. The van der Waals surface area contributed by atoms with Crippen LogP contribution in [0.2, 0.25) is 0 Å².